The summed E-state index contributed by atoms with van der Waals surface area (Å²) in [7, 11) is 0. The first-order chi connectivity index (χ1) is 16.8. The van der Waals surface area contributed by atoms with Crippen molar-refractivity contribution < 1.29 is 37.0 Å². The van der Waals surface area contributed by atoms with Crippen LogP contribution in [0.15, 0.2) is 60.7 Å². The fraction of sp³-hybridized carbons (Fsp3) is 0.231. The third-order valence-corrected chi connectivity index (χ3v) is 5.85. The van der Waals surface area contributed by atoms with Crippen molar-refractivity contribution in [3.63, 3.8) is 0 Å². The topological polar surface area (TPSA) is 65.1 Å². The van der Waals surface area contributed by atoms with Crippen LogP contribution in [-0.4, -0.2) is 49.1 Å². The molecule has 0 saturated heterocycles. The number of carbonyl (C=O) groups is 2. The lowest BCUT2D eigenvalue weighted by molar-refractivity contribution is -0.0885. The third kappa shape index (κ3) is 4.66. The molecule has 0 aliphatic carbocycles. The number of fused-ring (bicyclic) bond motifs is 2. The molecular formula is C26H20F3NO5. The number of alkyl halides is 3. The lowest BCUT2D eigenvalue weighted by Crippen LogP contribution is -2.32. The molecule has 3 aromatic carbocycles. The highest BCUT2D eigenvalue weighted by Gasteiger charge is 2.39. The molecule has 6 nitrogen and oxygen atoms in total. The molecule has 0 saturated carbocycles. The second-order valence-electron chi connectivity index (χ2n) is 8.16. The van der Waals surface area contributed by atoms with E-state index < -0.39 is 17.5 Å². The predicted molar refractivity (Wildman–Crippen MR) is 120 cm³/mol. The zero-order valence-corrected chi connectivity index (χ0v) is 18.4. The number of ether oxygens (including phenoxy) is 3. The molecule has 1 amide bonds. The van der Waals surface area contributed by atoms with E-state index in [4.69, 9.17) is 14.2 Å². The van der Waals surface area contributed by atoms with Crippen LogP contribution in [0, 0.1) is 0 Å². The first kappa shape index (κ1) is 22.8. The summed E-state index contributed by atoms with van der Waals surface area (Å²) in [6.07, 6.45) is -4.97. The number of Topliss-reactive ketones (excluding diaryl/α,β-unsaturated/α-hetero) is 1. The summed E-state index contributed by atoms with van der Waals surface area (Å²) in [5.41, 5.74) is 2.31. The predicted octanol–water partition coefficient (Wildman–Crippen LogP) is 4.90. The smallest absolute Gasteiger partial charge is 0.454 e. The van der Waals surface area contributed by atoms with Gasteiger partial charge in [-0.1, -0.05) is 24.3 Å². The molecule has 0 unspecified atom stereocenters. The van der Waals surface area contributed by atoms with Crippen LogP contribution in [0.5, 0.6) is 17.2 Å². The minimum absolute atomic E-state index is 0.190. The van der Waals surface area contributed by atoms with Crippen molar-refractivity contribution >= 4 is 11.7 Å². The van der Waals surface area contributed by atoms with Crippen molar-refractivity contribution in [1.29, 1.82) is 0 Å². The van der Waals surface area contributed by atoms with Gasteiger partial charge in [0.1, 0.15) is 25.6 Å². The number of rotatable bonds is 3. The van der Waals surface area contributed by atoms with Crippen molar-refractivity contribution in [2.45, 2.75) is 12.7 Å². The van der Waals surface area contributed by atoms with Gasteiger partial charge < -0.3 is 19.1 Å². The largest absolute Gasteiger partial charge is 0.491 e. The molecule has 0 spiro atoms. The van der Waals surface area contributed by atoms with Gasteiger partial charge >= 0.3 is 6.18 Å². The minimum atomic E-state index is -4.97. The Morgan fingerprint density at radius 1 is 0.714 bits per heavy atom. The van der Waals surface area contributed by atoms with Crippen LogP contribution in [0.2, 0.25) is 0 Å². The molecule has 0 atom stereocenters. The van der Waals surface area contributed by atoms with E-state index in [1.807, 2.05) is 36.4 Å². The van der Waals surface area contributed by atoms with Crippen LogP contribution in [0.1, 0.15) is 26.3 Å². The number of ketones is 1. The zero-order chi connectivity index (χ0) is 24.6. The molecule has 5 rings (SSSR count). The number of benzene rings is 3. The van der Waals surface area contributed by atoms with E-state index in [0.717, 1.165) is 28.8 Å². The maximum absolute atomic E-state index is 13.1. The molecule has 0 N–H and O–H groups in total. The average Bonchev–Trinajstić information content (AvgIpc) is 3.09. The summed E-state index contributed by atoms with van der Waals surface area (Å²) in [6, 6.07) is 15.9. The summed E-state index contributed by atoms with van der Waals surface area (Å²) in [5, 5.41) is 0. The fourth-order valence-electron chi connectivity index (χ4n) is 4.08. The van der Waals surface area contributed by atoms with E-state index in [-0.39, 0.29) is 24.6 Å². The van der Waals surface area contributed by atoms with Gasteiger partial charge in [0.05, 0.1) is 6.54 Å². The van der Waals surface area contributed by atoms with E-state index in [2.05, 4.69) is 0 Å². The van der Waals surface area contributed by atoms with E-state index >= 15 is 0 Å². The van der Waals surface area contributed by atoms with Gasteiger partial charge in [-0.2, -0.15) is 13.2 Å². The van der Waals surface area contributed by atoms with Gasteiger partial charge in [-0.05, 0) is 47.5 Å². The van der Waals surface area contributed by atoms with E-state index in [0.29, 0.717) is 37.0 Å². The van der Waals surface area contributed by atoms with Gasteiger partial charge in [-0.15, -0.1) is 0 Å². The number of halogens is 3. The van der Waals surface area contributed by atoms with E-state index in [9.17, 15) is 22.8 Å². The van der Waals surface area contributed by atoms with Crippen molar-refractivity contribution in [1.82, 2.24) is 4.90 Å². The average molecular weight is 483 g/mol. The van der Waals surface area contributed by atoms with Crippen molar-refractivity contribution in [3.8, 4) is 28.4 Å². The Morgan fingerprint density at radius 3 is 2.03 bits per heavy atom. The summed E-state index contributed by atoms with van der Waals surface area (Å²) >= 11 is 0. The normalized spacial score (nSPS) is 15.0. The van der Waals surface area contributed by atoms with Crippen LogP contribution in [0.25, 0.3) is 11.1 Å². The van der Waals surface area contributed by atoms with Crippen LogP contribution in [-0.2, 0) is 6.54 Å². The first-order valence-corrected chi connectivity index (χ1v) is 11.0. The van der Waals surface area contributed by atoms with Gasteiger partial charge in [0.2, 0.25) is 0 Å². The van der Waals surface area contributed by atoms with Crippen LogP contribution >= 0.6 is 0 Å². The molecule has 9 heteroatoms. The highest BCUT2D eigenvalue weighted by atomic mass is 19.4. The second kappa shape index (κ2) is 8.98. The number of amides is 1. The number of carbonyl (C=O) groups excluding carboxylic acids is 2. The van der Waals surface area contributed by atoms with Crippen molar-refractivity contribution in [2.75, 3.05) is 26.4 Å². The monoisotopic (exact) mass is 483 g/mol. The summed E-state index contributed by atoms with van der Waals surface area (Å²) in [4.78, 5) is 26.1. The van der Waals surface area contributed by atoms with Gasteiger partial charge in [0.25, 0.3) is 11.7 Å². The minimum Gasteiger partial charge on any atom is -0.491 e. The molecule has 0 bridgehead atoms. The molecule has 2 aliphatic heterocycles. The second-order valence-corrected chi connectivity index (χ2v) is 8.16. The Balaban J connectivity index is 1.37. The molecule has 0 fully saturated rings. The van der Waals surface area contributed by atoms with Crippen LogP contribution in [0.4, 0.5) is 13.2 Å². The standard InChI is InChI=1S/C26H20F3NO5/c27-26(28,29)24(31)16-1-3-17(4-2-16)25(32)30-9-10-33-21-7-5-18(13-20(21)15-30)19-6-8-22-23(14-19)35-12-11-34-22/h1-8,13-14H,9-12,15H2. The molecular weight excluding hydrogens is 463 g/mol. The Bertz CT molecular complexity index is 1290. The maximum Gasteiger partial charge on any atom is 0.454 e. The van der Waals surface area contributed by atoms with Crippen molar-refractivity contribution in [2.24, 2.45) is 0 Å². The Hall–Kier alpha value is -4.01. The lowest BCUT2D eigenvalue weighted by atomic mass is 10.0. The Labute approximate surface area is 198 Å². The molecule has 0 radical (unpaired) electrons. The first-order valence-electron chi connectivity index (χ1n) is 11.0. The SMILES string of the molecule is O=C(c1ccc(C(=O)C(F)(F)F)cc1)N1CCOc2ccc(-c3ccc4c(c3)OCCO4)cc2C1. The summed E-state index contributed by atoms with van der Waals surface area (Å²) in [6.45, 7) is 1.82. The third-order valence-electron chi connectivity index (χ3n) is 5.85. The zero-order valence-electron chi connectivity index (χ0n) is 18.4. The molecule has 0 aromatic heterocycles. The van der Waals surface area contributed by atoms with Gasteiger partial charge in [0, 0.05) is 23.2 Å². The van der Waals surface area contributed by atoms with Crippen LogP contribution < -0.4 is 14.2 Å². The highest BCUT2D eigenvalue weighted by Crippen LogP contribution is 2.36. The number of hydrogen-bond donors (Lipinski definition) is 0. The van der Waals surface area contributed by atoms with E-state index in [1.165, 1.54) is 12.1 Å². The van der Waals surface area contributed by atoms with Gasteiger partial charge in [0.15, 0.2) is 11.5 Å². The maximum atomic E-state index is 13.1. The van der Waals surface area contributed by atoms with Gasteiger partial charge in [-0.3, -0.25) is 9.59 Å². The van der Waals surface area contributed by atoms with E-state index in [1.54, 1.807) is 4.90 Å². The fourth-order valence-corrected chi connectivity index (χ4v) is 4.08. The highest BCUT2D eigenvalue weighted by molar-refractivity contribution is 6.01. The van der Waals surface area contributed by atoms with Crippen molar-refractivity contribution in [3.05, 3.63) is 77.4 Å². The molecule has 2 aliphatic rings. The summed E-state index contributed by atoms with van der Waals surface area (Å²) in [5.74, 6) is -0.285. The van der Waals surface area contributed by atoms with Gasteiger partial charge in [-0.25, -0.2) is 0 Å². The molecule has 2 heterocycles. The summed E-state index contributed by atoms with van der Waals surface area (Å²) < 4.78 is 55.0. The molecule has 180 valence electrons. The molecule has 3 aromatic rings. The quantitative estimate of drug-likeness (QED) is 0.496. The number of hydrogen-bond acceptors (Lipinski definition) is 5. The lowest BCUT2D eigenvalue weighted by Gasteiger charge is -2.21. The Morgan fingerprint density at radius 2 is 1.31 bits per heavy atom. The number of nitrogens with zero attached hydrogens (tertiary/aromatic N) is 1. The van der Waals surface area contributed by atoms with Crippen LogP contribution in [0.3, 0.4) is 0 Å². The Kier molecular flexibility index (Phi) is 5.84. The molecule has 35 heavy (non-hydrogen) atoms.